The summed E-state index contributed by atoms with van der Waals surface area (Å²) in [4.78, 5) is 24.8. The van der Waals surface area contributed by atoms with Crippen molar-refractivity contribution in [2.75, 3.05) is 4.90 Å². The zero-order valence-electron chi connectivity index (χ0n) is 17.9. The SMILES string of the molecule is Cc1ccc(S(=O)(=O)Oc2ccc(/C=C3/SC(=S)N(c4cccc(Cl)c4)C3=O)cc2)cc1[N+](=O)[O-]. The summed E-state index contributed by atoms with van der Waals surface area (Å²) in [6.07, 6.45) is 1.63. The van der Waals surface area contributed by atoms with Crippen molar-refractivity contribution in [3.05, 3.63) is 97.9 Å². The number of rotatable bonds is 6. The van der Waals surface area contributed by atoms with E-state index in [4.69, 9.17) is 28.0 Å². The fraction of sp³-hybridized carbons (Fsp3) is 0.0435. The van der Waals surface area contributed by atoms with Gasteiger partial charge in [-0.1, -0.05) is 59.8 Å². The number of thiocarbonyl (C=S) groups is 1. The first-order valence-electron chi connectivity index (χ1n) is 9.88. The number of hydrogen-bond acceptors (Lipinski definition) is 8. The molecule has 1 amide bonds. The van der Waals surface area contributed by atoms with Gasteiger partial charge in [0.2, 0.25) is 0 Å². The molecule has 35 heavy (non-hydrogen) atoms. The maximum atomic E-state index is 12.9. The van der Waals surface area contributed by atoms with E-state index < -0.39 is 15.0 Å². The highest BCUT2D eigenvalue weighted by atomic mass is 35.5. The summed E-state index contributed by atoms with van der Waals surface area (Å²) in [6.45, 7) is 1.51. The van der Waals surface area contributed by atoms with Gasteiger partial charge in [0.25, 0.3) is 11.6 Å². The number of nitro benzene ring substituents is 1. The second-order valence-corrected chi connectivity index (χ2v) is 11.0. The minimum atomic E-state index is -4.29. The Balaban J connectivity index is 1.52. The van der Waals surface area contributed by atoms with Crippen LogP contribution >= 0.6 is 35.6 Å². The van der Waals surface area contributed by atoms with Gasteiger partial charge in [-0.25, -0.2) is 0 Å². The van der Waals surface area contributed by atoms with Gasteiger partial charge in [-0.2, -0.15) is 8.42 Å². The van der Waals surface area contributed by atoms with Gasteiger partial charge in [0.15, 0.2) is 4.32 Å². The highest BCUT2D eigenvalue weighted by Crippen LogP contribution is 2.37. The topological polar surface area (TPSA) is 107 Å². The highest BCUT2D eigenvalue weighted by Gasteiger charge is 2.33. The average Bonchev–Trinajstić information content (AvgIpc) is 3.07. The molecule has 0 aromatic heterocycles. The number of thioether (sulfide) groups is 1. The van der Waals surface area contributed by atoms with Crippen LogP contribution in [-0.2, 0) is 14.9 Å². The average molecular weight is 547 g/mol. The van der Waals surface area contributed by atoms with Crippen molar-refractivity contribution < 1.29 is 22.3 Å². The zero-order valence-corrected chi connectivity index (χ0v) is 21.1. The Morgan fingerprint density at radius 3 is 2.49 bits per heavy atom. The number of carbonyl (C=O) groups excluding carboxylic acids is 1. The van der Waals surface area contributed by atoms with Crippen LogP contribution in [0.15, 0.2) is 76.5 Å². The monoisotopic (exact) mass is 546 g/mol. The Labute approximate surface area is 215 Å². The third kappa shape index (κ3) is 5.38. The smallest absolute Gasteiger partial charge is 0.339 e. The molecular weight excluding hydrogens is 532 g/mol. The molecule has 4 rings (SSSR count). The molecule has 0 N–H and O–H groups in total. The predicted octanol–water partition coefficient (Wildman–Crippen LogP) is 5.73. The predicted molar refractivity (Wildman–Crippen MR) is 139 cm³/mol. The second-order valence-electron chi connectivity index (χ2n) is 7.31. The van der Waals surface area contributed by atoms with E-state index in [1.54, 1.807) is 42.5 Å². The summed E-state index contributed by atoms with van der Waals surface area (Å²) in [5.74, 6) is -0.289. The number of nitro groups is 1. The van der Waals surface area contributed by atoms with E-state index in [2.05, 4.69) is 0 Å². The van der Waals surface area contributed by atoms with Crippen molar-refractivity contribution in [3.63, 3.8) is 0 Å². The molecule has 0 unspecified atom stereocenters. The quantitative estimate of drug-likeness (QED) is 0.127. The molecule has 3 aromatic rings. The van der Waals surface area contributed by atoms with Crippen molar-refractivity contribution in [3.8, 4) is 5.75 Å². The normalized spacial score (nSPS) is 15.0. The summed E-state index contributed by atoms with van der Waals surface area (Å²) in [5, 5.41) is 11.6. The van der Waals surface area contributed by atoms with Crippen LogP contribution in [-0.4, -0.2) is 23.6 Å². The molecule has 178 valence electrons. The minimum Gasteiger partial charge on any atom is -0.379 e. The van der Waals surface area contributed by atoms with Crippen molar-refractivity contribution in [1.82, 2.24) is 0 Å². The molecule has 1 aliphatic rings. The first-order valence-corrected chi connectivity index (χ1v) is 12.9. The molecule has 1 aliphatic heterocycles. The maximum absolute atomic E-state index is 12.9. The molecule has 1 saturated heterocycles. The van der Waals surface area contributed by atoms with Gasteiger partial charge in [-0.15, -0.1) is 0 Å². The minimum absolute atomic E-state index is 0.0110. The van der Waals surface area contributed by atoms with Gasteiger partial charge >= 0.3 is 10.1 Å². The lowest BCUT2D eigenvalue weighted by Gasteiger charge is -2.14. The highest BCUT2D eigenvalue weighted by molar-refractivity contribution is 8.27. The number of benzene rings is 3. The third-order valence-corrected chi connectivity index (χ3v) is 7.69. The molecule has 0 aliphatic carbocycles. The lowest BCUT2D eigenvalue weighted by Crippen LogP contribution is -2.27. The Morgan fingerprint density at radius 2 is 1.83 bits per heavy atom. The van der Waals surface area contributed by atoms with Crippen LogP contribution in [0.1, 0.15) is 11.1 Å². The Bertz CT molecular complexity index is 1500. The van der Waals surface area contributed by atoms with Crippen LogP contribution < -0.4 is 9.08 Å². The molecular formula is C23H15ClN2O6S3. The number of anilines is 1. The lowest BCUT2D eigenvalue weighted by molar-refractivity contribution is -0.385. The van der Waals surface area contributed by atoms with Crippen molar-refractivity contribution in [2.24, 2.45) is 0 Å². The molecule has 0 atom stereocenters. The van der Waals surface area contributed by atoms with Crippen LogP contribution in [0, 0.1) is 17.0 Å². The van der Waals surface area contributed by atoms with Crippen LogP contribution in [0.5, 0.6) is 5.75 Å². The summed E-state index contributed by atoms with van der Waals surface area (Å²) in [7, 11) is -4.29. The van der Waals surface area contributed by atoms with Gasteiger partial charge in [0.05, 0.1) is 15.5 Å². The number of nitrogens with zero attached hydrogens (tertiary/aromatic N) is 2. The fourth-order valence-corrected chi connectivity index (χ4v) is 5.63. The summed E-state index contributed by atoms with van der Waals surface area (Å²) >= 11 is 12.5. The molecule has 1 fully saturated rings. The van der Waals surface area contributed by atoms with Crippen LogP contribution in [0.25, 0.3) is 6.08 Å². The molecule has 12 heteroatoms. The largest absolute Gasteiger partial charge is 0.379 e. The van der Waals surface area contributed by atoms with Gasteiger partial charge in [-0.05, 0) is 55.0 Å². The van der Waals surface area contributed by atoms with Gasteiger partial charge in [0.1, 0.15) is 10.6 Å². The first kappa shape index (κ1) is 24.9. The molecule has 8 nitrogen and oxygen atoms in total. The van der Waals surface area contributed by atoms with E-state index >= 15 is 0 Å². The lowest BCUT2D eigenvalue weighted by atomic mass is 10.2. The van der Waals surface area contributed by atoms with E-state index in [-0.39, 0.29) is 22.2 Å². The Morgan fingerprint density at radius 1 is 1.11 bits per heavy atom. The van der Waals surface area contributed by atoms with Crippen molar-refractivity contribution in [2.45, 2.75) is 11.8 Å². The third-order valence-electron chi connectivity index (χ3n) is 4.91. The van der Waals surface area contributed by atoms with Crippen LogP contribution in [0.2, 0.25) is 5.02 Å². The number of aryl methyl sites for hydroxylation is 1. The number of hydrogen-bond donors (Lipinski definition) is 0. The van der Waals surface area contributed by atoms with E-state index in [0.717, 1.165) is 17.8 Å². The zero-order chi connectivity index (χ0) is 25.3. The second kappa shape index (κ2) is 9.78. The van der Waals surface area contributed by atoms with E-state index in [0.29, 0.717) is 31.1 Å². The molecule has 0 spiro atoms. The summed E-state index contributed by atoms with van der Waals surface area (Å²) in [5.41, 5.74) is 1.19. The summed E-state index contributed by atoms with van der Waals surface area (Å²) in [6, 6.07) is 16.3. The van der Waals surface area contributed by atoms with E-state index in [1.807, 2.05) is 0 Å². The van der Waals surface area contributed by atoms with Gasteiger partial charge in [-0.3, -0.25) is 19.8 Å². The number of halogens is 1. The number of carbonyl (C=O) groups is 1. The number of amides is 1. The van der Waals surface area contributed by atoms with E-state index in [1.165, 1.54) is 36.1 Å². The standard InChI is InChI=1S/C23H15ClN2O6S3/c1-14-5-10-19(13-20(14)26(28)29)35(30,31)32-18-8-6-15(7-9-18)11-21-22(27)25(23(33)34-21)17-4-2-3-16(24)12-17/h2-13H,1H3/b21-11+. The van der Waals surface area contributed by atoms with Crippen molar-refractivity contribution >= 4 is 73.4 Å². The summed E-state index contributed by atoms with van der Waals surface area (Å²) < 4.78 is 30.7. The van der Waals surface area contributed by atoms with E-state index in [9.17, 15) is 23.3 Å². The molecule has 0 bridgehead atoms. The van der Waals surface area contributed by atoms with Crippen LogP contribution in [0.3, 0.4) is 0 Å². The Kier molecular flexibility index (Phi) is 6.95. The molecule has 1 heterocycles. The first-order chi connectivity index (χ1) is 16.5. The van der Waals surface area contributed by atoms with Gasteiger partial charge in [0, 0.05) is 16.7 Å². The molecule has 0 saturated carbocycles. The fourth-order valence-electron chi connectivity index (χ4n) is 3.19. The van der Waals surface area contributed by atoms with Crippen LogP contribution in [0.4, 0.5) is 11.4 Å². The Hall–Kier alpha value is -3.25. The van der Waals surface area contributed by atoms with Gasteiger partial charge < -0.3 is 4.18 Å². The molecule has 0 radical (unpaired) electrons. The van der Waals surface area contributed by atoms with Crippen molar-refractivity contribution in [1.29, 1.82) is 0 Å². The maximum Gasteiger partial charge on any atom is 0.339 e. The molecule has 3 aromatic carbocycles.